The molecule has 0 N–H and O–H groups in total. The van der Waals surface area contributed by atoms with Crippen LogP contribution in [-0.4, -0.2) is 19.6 Å². The molecule has 4 nitrogen and oxygen atoms in total. The maximum absolute atomic E-state index is 10.7. The van der Waals surface area contributed by atoms with Crippen LogP contribution in [0.15, 0.2) is 0 Å². The van der Waals surface area contributed by atoms with Gasteiger partial charge >= 0.3 is 51.4 Å². The van der Waals surface area contributed by atoms with Crippen LogP contribution in [0.1, 0.15) is 149 Å². The zero-order chi connectivity index (χ0) is 22.3. The molecule has 31 heavy (non-hydrogen) atoms. The number of rotatable bonds is 24. The van der Waals surface area contributed by atoms with Gasteiger partial charge in [-0.25, -0.2) is 8.42 Å². The zero-order valence-corrected chi connectivity index (χ0v) is 25.1. The van der Waals surface area contributed by atoms with Crippen molar-refractivity contribution >= 4 is 10.4 Å². The summed E-state index contributed by atoms with van der Waals surface area (Å²) in [7, 11) is -4.56. The molecule has 0 spiro atoms. The van der Waals surface area contributed by atoms with Gasteiger partial charge in [0.1, 0.15) is 0 Å². The van der Waals surface area contributed by atoms with Crippen LogP contribution >= 0.6 is 0 Å². The Hall–Kier alpha value is 1.51. The molecule has 0 saturated carbocycles. The molecule has 0 aliphatic carbocycles. The Labute approximate surface area is 237 Å². The van der Waals surface area contributed by atoms with Gasteiger partial charge in [-0.1, -0.05) is 136 Å². The van der Waals surface area contributed by atoms with Crippen molar-refractivity contribution in [3.8, 4) is 0 Å². The third kappa shape index (κ3) is 29.5. The molecule has 0 aliphatic heterocycles. The SMILES string of the molecule is CCCCCCCCCCCCCCCCCC(CCCCCC)COS(=O)(=O)[O-].[K+]. The topological polar surface area (TPSA) is 66.4 Å². The van der Waals surface area contributed by atoms with E-state index in [2.05, 4.69) is 18.0 Å². The molecule has 0 rings (SSSR count). The molecule has 0 radical (unpaired) electrons. The minimum absolute atomic E-state index is 0. The molecule has 0 fully saturated rings. The quantitative estimate of drug-likeness (QED) is 0.0802. The van der Waals surface area contributed by atoms with E-state index in [-0.39, 0.29) is 63.9 Å². The normalized spacial score (nSPS) is 12.6. The summed E-state index contributed by atoms with van der Waals surface area (Å²) in [5.74, 6) is 0.201. The first-order valence-corrected chi connectivity index (χ1v) is 14.4. The van der Waals surface area contributed by atoms with Crippen LogP contribution in [0.3, 0.4) is 0 Å². The molecule has 0 aromatic rings. The van der Waals surface area contributed by atoms with E-state index in [1.807, 2.05) is 0 Å². The van der Waals surface area contributed by atoms with E-state index in [0.717, 1.165) is 25.7 Å². The number of hydrogen-bond donors (Lipinski definition) is 0. The van der Waals surface area contributed by atoms with Crippen molar-refractivity contribution in [2.75, 3.05) is 6.61 Å². The fraction of sp³-hybridized carbons (Fsp3) is 1.00. The first kappa shape index (κ1) is 34.7. The molecule has 0 heterocycles. The average Bonchev–Trinajstić information content (AvgIpc) is 2.70. The molecule has 182 valence electrons. The second kappa shape index (κ2) is 26.1. The van der Waals surface area contributed by atoms with Crippen LogP contribution in [0.4, 0.5) is 0 Å². The molecule has 0 saturated heterocycles. The monoisotopic (exact) mass is 486 g/mol. The van der Waals surface area contributed by atoms with Gasteiger partial charge in [0, 0.05) is 0 Å². The van der Waals surface area contributed by atoms with E-state index in [1.165, 1.54) is 109 Å². The van der Waals surface area contributed by atoms with Crippen LogP contribution in [0.2, 0.25) is 0 Å². The first-order chi connectivity index (χ1) is 14.5. The van der Waals surface area contributed by atoms with Crippen molar-refractivity contribution in [3.63, 3.8) is 0 Å². The summed E-state index contributed by atoms with van der Waals surface area (Å²) in [4.78, 5) is 0. The first-order valence-electron chi connectivity index (χ1n) is 13.1. The summed E-state index contributed by atoms with van der Waals surface area (Å²) in [5.41, 5.74) is 0. The Bertz CT molecular complexity index is 443. The Balaban J connectivity index is 0. The molecule has 0 aromatic carbocycles. The molecular weight excluding hydrogens is 435 g/mol. The van der Waals surface area contributed by atoms with E-state index < -0.39 is 10.4 Å². The molecular formula is C25H51KO4S. The van der Waals surface area contributed by atoms with Gasteiger partial charge in [-0.05, 0) is 18.8 Å². The van der Waals surface area contributed by atoms with Gasteiger partial charge in [-0.2, -0.15) is 0 Å². The second-order valence-corrected chi connectivity index (χ2v) is 10.2. The standard InChI is InChI=1S/C25H52O4S.K/c1-3-5-7-9-10-11-12-13-14-15-16-17-18-19-21-23-25(22-20-8-6-4-2)24-29-30(26,27)28;/h25H,3-24H2,1-2H3,(H,26,27,28);/q;+1/p-1. The molecule has 1 atom stereocenters. The second-order valence-electron chi connectivity index (χ2n) is 9.15. The average molecular weight is 487 g/mol. The molecule has 1 unspecified atom stereocenters. The molecule has 6 heteroatoms. The van der Waals surface area contributed by atoms with Crippen LogP contribution in [0.5, 0.6) is 0 Å². The van der Waals surface area contributed by atoms with E-state index in [4.69, 9.17) is 0 Å². The Morgan fingerprint density at radius 1 is 0.581 bits per heavy atom. The van der Waals surface area contributed by atoms with Gasteiger partial charge in [0.2, 0.25) is 10.4 Å². The van der Waals surface area contributed by atoms with Crippen molar-refractivity contribution in [3.05, 3.63) is 0 Å². The summed E-state index contributed by atoms with van der Waals surface area (Å²) in [6, 6.07) is 0. The molecule has 0 aromatic heterocycles. The molecule has 0 amide bonds. The van der Waals surface area contributed by atoms with Gasteiger partial charge in [0.25, 0.3) is 0 Å². The summed E-state index contributed by atoms with van der Waals surface area (Å²) in [6.45, 7) is 4.52. The molecule has 0 bridgehead atoms. The van der Waals surface area contributed by atoms with Crippen LogP contribution in [-0.2, 0) is 14.6 Å². The minimum Gasteiger partial charge on any atom is -0.726 e. The van der Waals surface area contributed by atoms with Crippen molar-refractivity contribution in [2.24, 2.45) is 5.92 Å². The smallest absolute Gasteiger partial charge is 0.726 e. The van der Waals surface area contributed by atoms with Crippen LogP contribution < -0.4 is 51.4 Å². The van der Waals surface area contributed by atoms with Gasteiger partial charge in [-0.3, -0.25) is 4.18 Å². The van der Waals surface area contributed by atoms with E-state index in [1.54, 1.807) is 0 Å². The van der Waals surface area contributed by atoms with Crippen LogP contribution in [0.25, 0.3) is 0 Å². The van der Waals surface area contributed by atoms with E-state index in [9.17, 15) is 13.0 Å². The predicted molar refractivity (Wildman–Crippen MR) is 127 cm³/mol. The Morgan fingerprint density at radius 3 is 1.19 bits per heavy atom. The van der Waals surface area contributed by atoms with Crippen molar-refractivity contribution in [1.29, 1.82) is 0 Å². The Kier molecular flexibility index (Phi) is 29.2. The maximum atomic E-state index is 10.7. The van der Waals surface area contributed by atoms with Crippen molar-refractivity contribution in [2.45, 2.75) is 149 Å². The van der Waals surface area contributed by atoms with E-state index in [0.29, 0.717) is 0 Å². The van der Waals surface area contributed by atoms with Gasteiger partial charge in [0.05, 0.1) is 6.61 Å². The summed E-state index contributed by atoms with van der Waals surface area (Å²) in [5, 5.41) is 0. The number of hydrogen-bond acceptors (Lipinski definition) is 4. The van der Waals surface area contributed by atoms with Crippen molar-refractivity contribution in [1.82, 2.24) is 0 Å². The van der Waals surface area contributed by atoms with Crippen LogP contribution in [0, 0.1) is 5.92 Å². The fourth-order valence-electron chi connectivity index (χ4n) is 4.15. The van der Waals surface area contributed by atoms with Gasteiger partial charge in [-0.15, -0.1) is 0 Å². The third-order valence-electron chi connectivity index (χ3n) is 6.13. The number of unbranched alkanes of at least 4 members (excludes halogenated alkanes) is 17. The zero-order valence-electron chi connectivity index (χ0n) is 21.2. The molecule has 0 aliphatic rings. The summed E-state index contributed by atoms with van der Waals surface area (Å²) in [6.07, 6.45) is 26.8. The maximum Gasteiger partial charge on any atom is 1.00 e. The van der Waals surface area contributed by atoms with E-state index >= 15 is 0 Å². The third-order valence-corrected chi connectivity index (χ3v) is 6.55. The summed E-state index contributed by atoms with van der Waals surface area (Å²) >= 11 is 0. The van der Waals surface area contributed by atoms with Gasteiger partial charge < -0.3 is 4.55 Å². The minimum atomic E-state index is -4.56. The summed E-state index contributed by atoms with van der Waals surface area (Å²) < 4.78 is 36.8. The Morgan fingerprint density at radius 2 is 0.871 bits per heavy atom. The van der Waals surface area contributed by atoms with Crippen molar-refractivity contribution < 1.29 is 68.5 Å². The largest absolute Gasteiger partial charge is 1.00 e. The predicted octanol–water partition coefficient (Wildman–Crippen LogP) is 5.32. The fourth-order valence-corrected chi connectivity index (χ4v) is 4.51. The van der Waals surface area contributed by atoms with Gasteiger partial charge in [0.15, 0.2) is 0 Å².